The minimum atomic E-state index is 0. The molecule has 0 aliphatic rings. The van der Waals surface area contributed by atoms with Crippen molar-refractivity contribution in [3.8, 4) is 0 Å². The maximum absolute atomic E-state index is 5.35. The van der Waals surface area contributed by atoms with Gasteiger partial charge in [-0.1, -0.05) is 25.7 Å². The van der Waals surface area contributed by atoms with Crippen LogP contribution in [0.5, 0.6) is 0 Å². The van der Waals surface area contributed by atoms with E-state index in [-0.39, 0.29) is 34.0 Å². The number of hydrogen-bond acceptors (Lipinski definition) is 2. The minimum absolute atomic E-state index is 0. The molecule has 0 atom stereocenters. The van der Waals surface area contributed by atoms with Crippen LogP contribution in [0.2, 0.25) is 0 Å². The second kappa shape index (κ2) is 17.8. The van der Waals surface area contributed by atoms with Crippen LogP contribution < -0.4 is 11.5 Å². The predicted molar refractivity (Wildman–Crippen MR) is 66.5 cm³/mol. The van der Waals surface area contributed by atoms with E-state index in [4.69, 9.17) is 11.5 Å². The smallest absolute Gasteiger partial charge is 0.00773 e. The fourth-order valence-corrected chi connectivity index (χ4v) is 0.996. The summed E-state index contributed by atoms with van der Waals surface area (Å²) in [6, 6.07) is 0. The summed E-state index contributed by atoms with van der Waals surface area (Å²) in [7, 11) is 0. The Morgan fingerprint density at radius 2 is 0.750 bits per heavy atom. The Labute approximate surface area is 97.0 Å². The fourth-order valence-electron chi connectivity index (χ4n) is 0.996. The summed E-state index contributed by atoms with van der Waals surface area (Å²) in [5.41, 5.74) is 10.7. The molecule has 0 saturated carbocycles. The number of hydrogen-bond donors (Lipinski definition) is 2. The molecular weight excluding hydrogens is 284 g/mol. The van der Waals surface area contributed by atoms with E-state index in [1.807, 2.05) is 0 Å². The number of unbranched alkanes of at least 4 members (excludes halogenated alkanes) is 5. The number of rotatable bonds is 7. The average molecular weight is 306 g/mol. The maximum atomic E-state index is 5.35. The molecular formula is C8H22Br2N2. The lowest BCUT2D eigenvalue weighted by Crippen LogP contribution is -1.99. The van der Waals surface area contributed by atoms with Gasteiger partial charge in [0.25, 0.3) is 0 Å². The van der Waals surface area contributed by atoms with Crippen LogP contribution in [0, 0.1) is 0 Å². The van der Waals surface area contributed by atoms with Gasteiger partial charge in [-0.25, -0.2) is 0 Å². The second-order valence-electron chi connectivity index (χ2n) is 2.70. The molecule has 0 aromatic rings. The molecule has 12 heavy (non-hydrogen) atoms. The quantitative estimate of drug-likeness (QED) is 0.710. The molecule has 78 valence electrons. The van der Waals surface area contributed by atoms with Gasteiger partial charge in [0.2, 0.25) is 0 Å². The topological polar surface area (TPSA) is 52.0 Å². The molecule has 0 saturated heterocycles. The van der Waals surface area contributed by atoms with Crippen molar-refractivity contribution >= 4 is 34.0 Å². The average Bonchev–Trinajstić information content (AvgIpc) is 1.97. The third-order valence-electron chi connectivity index (χ3n) is 1.66. The molecule has 0 aromatic heterocycles. The first-order valence-corrected chi connectivity index (χ1v) is 4.32. The highest BCUT2D eigenvalue weighted by Gasteiger charge is 1.87. The Balaban J connectivity index is -0.000000405. The predicted octanol–water partition coefficient (Wildman–Crippen LogP) is 2.40. The summed E-state index contributed by atoms with van der Waals surface area (Å²) in [6.07, 6.45) is 7.61. The summed E-state index contributed by atoms with van der Waals surface area (Å²) >= 11 is 0. The van der Waals surface area contributed by atoms with Crippen LogP contribution in [0.1, 0.15) is 38.5 Å². The van der Waals surface area contributed by atoms with Crippen LogP contribution in [0.3, 0.4) is 0 Å². The molecule has 0 radical (unpaired) electrons. The maximum Gasteiger partial charge on any atom is -0.00773 e. The molecule has 0 aliphatic carbocycles. The van der Waals surface area contributed by atoms with Gasteiger partial charge in [0.15, 0.2) is 0 Å². The molecule has 0 heterocycles. The zero-order valence-corrected chi connectivity index (χ0v) is 11.1. The van der Waals surface area contributed by atoms with Gasteiger partial charge >= 0.3 is 0 Å². The SMILES string of the molecule is Br.Br.NCCCCCCCCN. The molecule has 2 nitrogen and oxygen atoms in total. The van der Waals surface area contributed by atoms with Crippen LogP contribution in [0.15, 0.2) is 0 Å². The van der Waals surface area contributed by atoms with Crippen LogP contribution >= 0.6 is 34.0 Å². The van der Waals surface area contributed by atoms with E-state index in [0.717, 1.165) is 13.1 Å². The Bertz CT molecular complexity index is 55.0. The molecule has 0 rings (SSSR count). The zero-order chi connectivity index (χ0) is 7.66. The molecule has 0 unspecified atom stereocenters. The van der Waals surface area contributed by atoms with Crippen molar-refractivity contribution in [1.82, 2.24) is 0 Å². The highest BCUT2D eigenvalue weighted by molar-refractivity contribution is 8.93. The van der Waals surface area contributed by atoms with Crippen molar-refractivity contribution in [2.45, 2.75) is 38.5 Å². The Morgan fingerprint density at radius 1 is 0.500 bits per heavy atom. The summed E-state index contributed by atoms with van der Waals surface area (Å²) in [4.78, 5) is 0. The van der Waals surface area contributed by atoms with Gasteiger partial charge in [0, 0.05) is 0 Å². The lowest BCUT2D eigenvalue weighted by molar-refractivity contribution is 0.601. The van der Waals surface area contributed by atoms with Crippen LogP contribution in [-0.2, 0) is 0 Å². The Kier molecular flexibility index (Phi) is 27.7. The van der Waals surface area contributed by atoms with Crippen molar-refractivity contribution in [3.05, 3.63) is 0 Å². The third-order valence-corrected chi connectivity index (χ3v) is 1.66. The summed E-state index contributed by atoms with van der Waals surface area (Å²) in [5, 5.41) is 0. The van der Waals surface area contributed by atoms with E-state index in [0.29, 0.717) is 0 Å². The van der Waals surface area contributed by atoms with Gasteiger partial charge in [0.05, 0.1) is 0 Å². The van der Waals surface area contributed by atoms with Crippen molar-refractivity contribution in [2.75, 3.05) is 13.1 Å². The molecule has 0 aliphatic heterocycles. The zero-order valence-electron chi connectivity index (χ0n) is 7.63. The van der Waals surface area contributed by atoms with Crippen molar-refractivity contribution in [2.24, 2.45) is 11.5 Å². The first-order chi connectivity index (χ1) is 4.91. The van der Waals surface area contributed by atoms with Gasteiger partial charge in [-0.05, 0) is 25.9 Å². The van der Waals surface area contributed by atoms with E-state index in [2.05, 4.69) is 0 Å². The van der Waals surface area contributed by atoms with Crippen molar-refractivity contribution in [1.29, 1.82) is 0 Å². The van der Waals surface area contributed by atoms with Crippen molar-refractivity contribution < 1.29 is 0 Å². The molecule has 0 fully saturated rings. The summed E-state index contributed by atoms with van der Waals surface area (Å²) in [6.45, 7) is 1.69. The van der Waals surface area contributed by atoms with Gasteiger partial charge in [-0.2, -0.15) is 0 Å². The second-order valence-corrected chi connectivity index (χ2v) is 2.70. The monoisotopic (exact) mass is 304 g/mol. The van der Waals surface area contributed by atoms with E-state index in [1.54, 1.807) is 0 Å². The Hall–Kier alpha value is 0.880. The minimum Gasteiger partial charge on any atom is -0.330 e. The molecule has 0 bridgehead atoms. The van der Waals surface area contributed by atoms with E-state index in [9.17, 15) is 0 Å². The molecule has 0 spiro atoms. The lowest BCUT2D eigenvalue weighted by atomic mass is 10.1. The van der Waals surface area contributed by atoms with Crippen LogP contribution in [0.25, 0.3) is 0 Å². The highest BCUT2D eigenvalue weighted by atomic mass is 79.9. The van der Waals surface area contributed by atoms with Gasteiger partial charge < -0.3 is 11.5 Å². The number of nitrogens with two attached hydrogens (primary N) is 2. The number of halogens is 2. The van der Waals surface area contributed by atoms with Crippen LogP contribution in [-0.4, -0.2) is 13.1 Å². The summed E-state index contributed by atoms with van der Waals surface area (Å²) < 4.78 is 0. The normalized spacial score (nSPS) is 8.50. The van der Waals surface area contributed by atoms with E-state index in [1.165, 1.54) is 38.5 Å². The fraction of sp³-hybridized carbons (Fsp3) is 1.00. The molecule has 0 aromatic carbocycles. The lowest BCUT2D eigenvalue weighted by Gasteiger charge is -1.97. The molecule has 4 N–H and O–H groups in total. The highest BCUT2D eigenvalue weighted by Crippen LogP contribution is 2.03. The van der Waals surface area contributed by atoms with Gasteiger partial charge in [-0.3, -0.25) is 0 Å². The third kappa shape index (κ3) is 17.1. The first-order valence-electron chi connectivity index (χ1n) is 4.32. The first kappa shape index (κ1) is 18.6. The van der Waals surface area contributed by atoms with Gasteiger partial charge in [0.1, 0.15) is 0 Å². The van der Waals surface area contributed by atoms with Crippen LogP contribution in [0.4, 0.5) is 0 Å². The standard InChI is InChI=1S/C8H20N2.2BrH/c9-7-5-3-1-2-4-6-8-10;;/h1-10H2;2*1H. The Morgan fingerprint density at radius 3 is 1.00 bits per heavy atom. The van der Waals surface area contributed by atoms with Gasteiger partial charge in [-0.15, -0.1) is 34.0 Å². The van der Waals surface area contributed by atoms with E-state index >= 15 is 0 Å². The van der Waals surface area contributed by atoms with Crippen molar-refractivity contribution in [3.63, 3.8) is 0 Å². The molecule has 0 amide bonds. The molecule has 4 heteroatoms. The largest absolute Gasteiger partial charge is 0.330 e. The van der Waals surface area contributed by atoms with E-state index < -0.39 is 0 Å². The summed E-state index contributed by atoms with van der Waals surface area (Å²) in [5.74, 6) is 0.